The third kappa shape index (κ3) is 5.01. The van der Waals surface area contributed by atoms with Crippen LogP contribution in [-0.4, -0.2) is 20.3 Å². The highest BCUT2D eigenvalue weighted by atomic mass is 79.9. The van der Waals surface area contributed by atoms with E-state index in [-0.39, 0.29) is 16.8 Å². The van der Waals surface area contributed by atoms with Gasteiger partial charge in [-0.05, 0) is 47.0 Å². The van der Waals surface area contributed by atoms with Gasteiger partial charge in [0.05, 0.1) is 4.90 Å². The van der Waals surface area contributed by atoms with E-state index in [2.05, 4.69) is 36.6 Å². The molecule has 0 saturated carbocycles. The van der Waals surface area contributed by atoms with E-state index < -0.39 is 10.0 Å². The summed E-state index contributed by atoms with van der Waals surface area (Å²) in [6, 6.07) is 3.35. The largest absolute Gasteiger partial charge is 0.241 e. The predicted molar refractivity (Wildman–Crippen MR) is 86.3 cm³/mol. The van der Waals surface area contributed by atoms with Gasteiger partial charge in [-0.2, -0.15) is 0 Å². The smallest absolute Gasteiger partial charge is 0.210 e. The lowest BCUT2D eigenvalue weighted by molar-refractivity contribution is 0.576. The van der Waals surface area contributed by atoms with Crippen molar-refractivity contribution < 1.29 is 8.42 Å². The van der Waals surface area contributed by atoms with Gasteiger partial charge in [0.2, 0.25) is 10.0 Å². The highest BCUT2D eigenvalue weighted by Gasteiger charge is 2.19. The minimum absolute atomic E-state index is 0.188. The molecule has 0 aromatic heterocycles. The summed E-state index contributed by atoms with van der Waals surface area (Å²) in [6.07, 6.45) is 1.71. The van der Waals surface area contributed by atoms with E-state index in [1.165, 1.54) is 0 Å². The van der Waals surface area contributed by atoms with Gasteiger partial charge in [-0.25, -0.2) is 13.1 Å². The molecule has 19 heavy (non-hydrogen) atoms. The molecule has 0 fully saturated rings. The van der Waals surface area contributed by atoms with Gasteiger partial charge in [-0.1, -0.05) is 29.3 Å². The lowest BCUT2D eigenvalue weighted by Crippen LogP contribution is -2.30. The van der Waals surface area contributed by atoms with Crippen LogP contribution in [0.1, 0.15) is 25.3 Å². The fourth-order valence-corrected chi connectivity index (χ4v) is 4.67. The molecule has 1 N–H and O–H groups in total. The second-order valence-electron chi connectivity index (χ2n) is 4.27. The summed E-state index contributed by atoms with van der Waals surface area (Å²) in [7, 11) is -3.55. The second kappa shape index (κ2) is 7.41. The van der Waals surface area contributed by atoms with Crippen molar-refractivity contribution in [3.05, 3.63) is 26.6 Å². The minimum atomic E-state index is -3.55. The van der Waals surface area contributed by atoms with Crippen molar-refractivity contribution in [1.82, 2.24) is 4.72 Å². The monoisotopic (exact) mass is 431 g/mol. The van der Waals surface area contributed by atoms with Crippen molar-refractivity contribution >= 4 is 53.5 Å². The van der Waals surface area contributed by atoms with Gasteiger partial charge < -0.3 is 0 Å². The molecule has 1 rings (SSSR count). The molecule has 1 aromatic rings. The number of aryl methyl sites for hydroxylation is 1. The van der Waals surface area contributed by atoms with Crippen LogP contribution in [0.3, 0.4) is 0 Å². The summed E-state index contributed by atoms with van der Waals surface area (Å²) in [5.74, 6) is 0. The van der Waals surface area contributed by atoms with Crippen LogP contribution >= 0.6 is 43.5 Å². The molecule has 0 bridgehead atoms. The molecule has 0 radical (unpaired) electrons. The molecule has 3 nitrogen and oxygen atoms in total. The Kier molecular flexibility index (Phi) is 6.79. The summed E-state index contributed by atoms with van der Waals surface area (Å²) in [5, 5.41) is -0.188. The van der Waals surface area contributed by atoms with Gasteiger partial charge in [-0.15, -0.1) is 11.6 Å². The minimum Gasteiger partial charge on any atom is -0.210 e. The van der Waals surface area contributed by atoms with Crippen molar-refractivity contribution in [2.45, 2.75) is 37.0 Å². The van der Waals surface area contributed by atoms with Crippen molar-refractivity contribution in [2.75, 3.05) is 6.54 Å². The Morgan fingerprint density at radius 2 is 1.95 bits per heavy atom. The van der Waals surface area contributed by atoms with E-state index in [0.717, 1.165) is 22.9 Å². The summed E-state index contributed by atoms with van der Waals surface area (Å²) in [6.45, 7) is 4.14. The fourth-order valence-electron chi connectivity index (χ4n) is 1.53. The molecule has 0 amide bonds. The number of hydrogen-bond acceptors (Lipinski definition) is 2. The number of nitrogens with one attached hydrogen (secondary N) is 1. The number of hydrogen-bond donors (Lipinski definition) is 1. The molecular formula is C12H16Br2ClNO2S. The molecular weight excluding hydrogens is 417 g/mol. The van der Waals surface area contributed by atoms with Gasteiger partial charge in [0, 0.05) is 20.9 Å². The van der Waals surface area contributed by atoms with Crippen molar-refractivity contribution in [1.29, 1.82) is 0 Å². The third-order valence-corrected chi connectivity index (χ3v) is 6.21. The molecule has 0 aliphatic carbocycles. The van der Waals surface area contributed by atoms with Crippen LogP contribution in [0.2, 0.25) is 0 Å². The lowest BCUT2D eigenvalue weighted by Gasteiger charge is -2.12. The van der Waals surface area contributed by atoms with E-state index in [9.17, 15) is 8.42 Å². The van der Waals surface area contributed by atoms with E-state index >= 15 is 0 Å². The maximum atomic E-state index is 12.2. The summed E-state index contributed by atoms with van der Waals surface area (Å²) in [4.78, 5) is 0.213. The van der Waals surface area contributed by atoms with Gasteiger partial charge in [-0.3, -0.25) is 0 Å². The number of benzene rings is 1. The zero-order chi connectivity index (χ0) is 14.6. The highest BCUT2D eigenvalue weighted by molar-refractivity contribution is 9.11. The molecule has 1 atom stereocenters. The Morgan fingerprint density at radius 1 is 1.32 bits per heavy atom. The quantitative estimate of drug-likeness (QED) is 0.684. The molecule has 0 heterocycles. The molecule has 108 valence electrons. The zero-order valence-corrected chi connectivity index (χ0v) is 15.5. The molecule has 0 aliphatic heterocycles. The first-order valence-electron chi connectivity index (χ1n) is 5.87. The lowest BCUT2D eigenvalue weighted by atomic mass is 10.2. The van der Waals surface area contributed by atoms with Gasteiger partial charge >= 0.3 is 0 Å². The van der Waals surface area contributed by atoms with Crippen LogP contribution in [0.15, 0.2) is 26.0 Å². The standard InChI is InChI=1S/C12H16Br2ClNO2S/c1-3-4-9(15)7-16-19(17,18)12-6-10(13)8(2)5-11(12)14/h5-6,9,16H,3-4,7H2,1-2H3. The number of rotatable bonds is 6. The van der Waals surface area contributed by atoms with Crippen LogP contribution in [-0.2, 0) is 10.0 Å². The first-order valence-corrected chi connectivity index (χ1v) is 9.38. The maximum Gasteiger partial charge on any atom is 0.241 e. The fraction of sp³-hybridized carbons (Fsp3) is 0.500. The van der Waals surface area contributed by atoms with E-state index in [1.54, 1.807) is 12.1 Å². The molecule has 0 saturated heterocycles. The van der Waals surface area contributed by atoms with Crippen LogP contribution in [0.4, 0.5) is 0 Å². The molecule has 7 heteroatoms. The van der Waals surface area contributed by atoms with Crippen LogP contribution in [0, 0.1) is 6.92 Å². The van der Waals surface area contributed by atoms with Gasteiger partial charge in [0.1, 0.15) is 0 Å². The first-order chi connectivity index (χ1) is 8.77. The van der Waals surface area contributed by atoms with Crippen LogP contribution < -0.4 is 4.72 Å². The Morgan fingerprint density at radius 3 is 2.53 bits per heavy atom. The van der Waals surface area contributed by atoms with Crippen molar-refractivity contribution in [3.8, 4) is 0 Å². The zero-order valence-electron chi connectivity index (χ0n) is 10.7. The third-order valence-electron chi connectivity index (χ3n) is 2.60. The maximum absolute atomic E-state index is 12.2. The van der Waals surface area contributed by atoms with E-state index in [4.69, 9.17) is 11.6 Å². The SMILES string of the molecule is CCCC(Cl)CNS(=O)(=O)c1cc(Br)c(C)cc1Br. The number of halogens is 3. The Labute approximate surface area is 136 Å². The number of sulfonamides is 1. The topological polar surface area (TPSA) is 46.2 Å². The van der Waals surface area contributed by atoms with Crippen LogP contribution in [0.5, 0.6) is 0 Å². The van der Waals surface area contributed by atoms with Crippen LogP contribution in [0.25, 0.3) is 0 Å². The molecule has 0 spiro atoms. The predicted octanol–water partition coefficient (Wildman–Crippen LogP) is 4.21. The van der Waals surface area contributed by atoms with E-state index in [1.807, 2.05) is 13.8 Å². The molecule has 1 unspecified atom stereocenters. The molecule has 0 aliphatic rings. The summed E-state index contributed by atoms with van der Waals surface area (Å²) in [5.41, 5.74) is 0.965. The summed E-state index contributed by atoms with van der Waals surface area (Å²) >= 11 is 12.6. The highest BCUT2D eigenvalue weighted by Crippen LogP contribution is 2.28. The average molecular weight is 434 g/mol. The number of alkyl halides is 1. The normalized spacial score (nSPS) is 13.5. The molecule has 1 aromatic carbocycles. The Hall–Kier alpha value is 0.380. The van der Waals surface area contributed by atoms with Gasteiger partial charge in [0.15, 0.2) is 0 Å². The van der Waals surface area contributed by atoms with E-state index in [0.29, 0.717) is 4.47 Å². The van der Waals surface area contributed by atoms with Crippen molar-refractivity contribution in [2.24, 2.45) is 0 Å². The summed E-state index contributed by atoms with van der Waals surface area (Å²) < 4.78 is 28.2. The Balaban J connectivity index is 2.92. The first kappa shape index (κ1) is 17.4. The Bertz CT molecular complexity index is 549. The van der Waals surface area contributed by atoms with Crippen molar-refractivity contribution in [3.63, 3.8) is 0 Å². The second-order valence-corrected chi connectivity index (χ2v) is 8.33. The average Bonchev–Trinajstić information content (AvgIpc) is 2.31. The van der Waals surface area contributed by atoms with Gasteiger partial charge in [0.25, 0.3) is 0 Å².